The molecule has 2 heterocycles. The van der Waals surface area contributed by atoms with E-state index >= 15 is 0 Å². The van der Waals surface area contributed by atoms with Gasteiger partial charge in [-0.05, 0) is 63.0 Å². The van der Waals surface area contributed by atoms with Crippen LogP contribution in [0.2, 0.25) is 5.02 Å². The summed E-state index contributed by atoms with van der Waals surface area (Å²) in [6.45, 7) is 2.75. The first-order valence-electron chi connectivity index (χ1n) is 7.00. The molecule has 0 unspecified atom stereocenters. The van der Waals surface area contributed by atoms with Crippen molar-refractivity contribution in [2.75, 3.05) is 24.5 Å². The predicted molar refractivity (Wildman–Crippen MR) is 84.8 cm³/mol. The van der Waals surface area contributed by atoms with Crippen LogP contribution in [0.3, 0.4) is 0 Å². The third-order valence-corrected chi connectivity index (χ3v) is 4.69. The monoisotopic (exact) mass is 314 g/mol. The summed E-state index contributed by atoms with van der Waals surface area (Å²) in [5.74, 6) is 0.308. The van der Waals surface area contributed by atoms with Crippen LogP contribution in [0, 0.1) is 5.41 Å². The summed E-state index contributed by atoms with van der Waals surface area (Å²) >= 11 is 5.92. The molecule has 2 saturated heterocycles. The SMILES string of the molecule is Cl.O=C1N(c2ccc(Cl)cc2)CCCC12CCNCC2. The maximum absolute atomic E-state index is 12.9. The lowest BCUT2D eigenvalue weighted by Gasteiger charge is -2.44. The summed E-state index contributed by atoms with van der Waals surface area (Å²) in [6.07, 6.45) is 4.07. The Balaban J connectivity index is 0.00000147. The van der Waals surface area contributed by atoms with Crippen LogP contribution in [0.25, 0.3) is 0 Å². The van der Waals surface area contributed by atoms with Crippen molar-refractivity contribution in [3.05, 3.63) is 29.3 Å². The molecule has 1 amide bonds. The third-order valence-electron chi connectivity index (χ3n) is 4.43. The molecule has 0 saturated carbocycles. The smallest absolute Gasteiger partial charge is 0.233 e. The van der Waals surface area contributed by atoms with E-state index in [0.29, 0.717) is 10.9 Å². The second kappa shape index (κ2) is 6.33. The van der Waals surface area contributed by atoms with E-state index in [4.69, 9.17) is 11.6 Å². The van der Waals surface area contributed by atoms with Gasteiger partial charge in [-0.3, -0.25) is 4.79 Å². The van der Waals surface area contributed by atoms with Crippen LogP contribution in [-0.4, -0.2) is 25.5 Å². The lowest BCUT2D eigenvalue weighted by atomic mass is 9.72. The number of halogens is 2. The second-order valence-electron chi connectivity index (χ2n) is 5.57. The van der Waals surface area contributed by atoms with Gasteiger partial charge in [0.15, 0.2) is 0 Å². The number of piperidine rings is 2. The number of benzene rings is 1. The van der Waals surface area contributed by atoms with Gasteiger partial charge >= 0.3 is 0 Å². The van der Waals surface area contributed by atoms with Crippen LogP contribution < -0.4 is 10.2 Å². The number of carbonyl (C=O) groups is 1. The largest absolute Gasteiger partial charge is 0.317 e. The Bertz CT molecular complexity index is 464. The molecular formula is C15H20Cl2N2O. The third kappa shape index (κ3) is 2.80. The van der Waals surface area contributed by atoms with E-state index in [2.05, 4.69) is 5.32 Å². The summed E-state index contributed by atoms with van der Waals surface area (Å²) in [5.41, 5.74) is 0.857. The van der Waals surface area contributed by atoms with E-state index in [1.165, 1.54) is 0 Å². The van der Waals surface area contributed by atoms with Crippen LogP contribution in [0.4, 0.5) is 5.69 Å². The molecule has 3 rings (SSSR count). The molecule has 1 aromatic carbocycles. The normalized spacial score (nSPS) is 21.6. The molecule has 2 fully saturated rings. The fourth-order valence-electron chi connectivity index (χ4n) is 3.31. The van der Waals surface area contributed by atoms with E-state index < -0.39 is 0 Å². The molecule has 1 spiro atoms. The van der Waals surface area contributed by atoms with Crippen molar-refractivity contribution >= 4 is 35.6 Å². The second-order valence-corrected chi connectivity index (χ2v) is 6.00. The molecule has 0 atom stereocenters. The predicted octanol–water partition coefficient (Wildman–Crippen LogP) is 3.26. The molecule has 0 radical (unpaired) electrons. The van der Waals surface area contributed by atoms with Crippen molar-refractivity contribution in [3.8, 4) is 0 Å². The van der Waals surface area contributed by atoms with Gasteiger partial charge in [0.25, 0.3) is 0 Å². The van der Waals surface area contributed by atoms with Crippen LogP contribution in [0.5, 0.6) is 0 Å². The number of carbonyl (C=O) groups excluding carboxylic acids is 1. The van der Waals surface area contributed by atoms with Crippen molar-refractivity contribution in [1.29, 1.82) is 0 Å². The Kier molecular flexibility index (Phi) is 4.95. The number of hydrogen-bond acceptors (Lipinski definition) is 2. The summed E-state index contributed by atoms with van der Waals surface area (Å²) in [5, 5.41) is 4.06. The van der Waals surface area contributed by atoms with Gasteiger partial charge in [-0.15, -0.1) is 12.4 Å². The highest BCUT2D eigenvalue weighted by atomic mass is 35.5. The molecule has 110 valence electrons. The summed E-state index contributed by atoms with van der Waals surface area (Å²) in [7, 11) is 0. The summed E-state index contributed by atoms with van der Waals surface area (Å²) in [6, 6.07) is 7.60. The number of rotatable bonds is 1. The Hall–Kier alpha value is -0.770. The van der Waals surface area contributed by atoms with E-state index in [9.17, 15) is 4.79 Å². The Morgan fingerprint density at radius 1 is 1.10 bits per heavy atom. The molecule has 0 aromatic heterocycles. The average Bonchev–Trinajstić information content (AvgIpc) is 2.44. The summed E-state index contributed by atoms with van der Waals surface area (Å²) in [4.78, 5) is 14.8. The first-order chi connectivity index (χ1) is 9.21. The zero-order chi connectivity index (χ0) is 13.3. The highest BCUT2D eigenvalue weighted by molar-refractivity contribution is 6.30. The maximum atomic E-state index is 12.9. The summed E-state index contributed by atoms with van der Waals surface area (Å²) < 4.78 is 0. The number of anilines is 1. The van der Waals surface area contributed by atoms with Gasteiger partial charge in [0.2, 0.25) is 5.91 Å². The number of nitrogens with zero attached hydrogens (tertiary/aromatic N) is 1. The Labute approximate surface area is 131 Å². The fraction of sp³-hybridized carbons (Fsp3) is 0.533. The molecule has 5 heteroatoms. The molecule has 0 aliphatic carbocycles. The first kappa shape index (κ1) is 15.6. The molecule has 20 heavy (non-hydrogen) atoms. The number of nitrogens with one attached hydrogen (secondary N) is 1. The van der Waals surface area contributed by atoms with Crippen molar-refractivity contribution in [2.45, 2.75) is 25.7 Å². The Morgan fingerprint density at radius 2 is 1.75 bits per heavy atom. The van der Waals surface area contributed by atoms with Gasteiger partial charge in [-0.2, -0.15) is 0 Å². The van der Waals surface area contributed by atoms with Crippen LogP contribution in [0.15, 0.2) is 24.3 Å². The van der Waals surface area contributed by atoms with E-state index in [0.717, 1.165) is 51.0 Å². The van der Waals surface area contributed by atoms with Crippen molar-refractivity contribution < 1.29 is 4.79 Å². The van der Waals surface area contributed by atoms with E-state index in [1.807, 2.05) is 29.2 Å². The van der Waals surface area contributed by atoms with Gasteiger partial charge in [0.05, 0.1) is 5.41 Å². The van der Waals surface area contributed by atoms with E-state index in [1.54, 1.807) is 0 Å². The maximum Gasteiger partial charge on any atom is 0.233 e. The lowest BCUT2D eigenvalue weighted by Crippen LogP contribution is -2.53. The molecule has 2 aliphatic rings. The lowest BCUT2D eigenvalue weighted by molar-refractivity contribution is -0.132. The van der Waals surface area contributed by atoms with Crippen molar-refractivity contribution in [1.82, 2.24) is 5.32 Å². The minimum Gasteiger partial charge on any atom is -0.317 e. The van der Waals surface area contributed by atoms with Crippen molar-refractivity contribution in [3.63, 3.8) is 0 Å². The zero-order valence-electron chi connectivity index (χ0n) is 11.4. The molecule has 1 N–H and O–H groups in total. The standard InChI is InChI=1S/C15H19ClN2O.ClH/c16-12-2-4-13(5-3-12)18-11-1-6-15(14(18)19)7-9-17-10-8-15;/h2-5,17H,1,6-11H2;1H. The average molecular weight is 315 g/mol. The number of amides is 1. The molecule has 3 nitrogen and oxygen atoms in total. The fourth-order valence-corrected chi connectivity index (χ4v) is 3.43. The van der Waals surface area contributed by atoms with Gasteiger partial charge in [-0.25, -0.2) is 0 Å². The molecule has 0 bridgehead atoms. The first-order valence-corrected chi connectivity index (χ1v) is 7.37. The van der Waals surface area contributed by atoms with Crippen LogP contribution in [0.1, 0.15) is 25.7 Å². The van der Waals surface area contributed by atoms with Crippen LogP contribution >= 0.6 is 24.0 Å². The Morgan fingerprint density at radius 3 is 2.40 bits per heavy atom. The van der Waals surface area contributed by atoms with Crippen LogP contribution in [-0.2, 0) is 4.79 Å². The van der Waals surface area contributed by atoms with E-state index in [-0.39, 0.29) is 17.8 Å². The molecule has 1 aromatic rings. The minimum atomic E-state index is -0.122. The van der Waals surface area contributed by atoms with Gasteiger partial charge in [-0.1, -0.05) is 11.6 Å². The highest BCUT2D eigenvalue weighted by Crippen LogP contribution is 2.40. The zero-order valence-corrected chi connectivity index (χ0v) is 13.0. The topological polar surface area (TPSA) is 32.3 Å². The van der Waals surface area contributed by atoms with Gasteiger partial charge in [0.1, 0.15) is 0 Å². The van der Waals surface area contributed by atoms with Gasteiger partial charge in [0, 0.05) is 17.3 Å². The highest BCUT2D eigenvalue weighted by Gasteiger charge is 2.44. The molecular weight excluding hydrogens is 295 g/mol. The minimum absolute atomic E-state index is 0. The quantitative estimate of drug-likeness (QED) is 0.863. The van der Waals surface area contributed by atoms with Gasteiger partial charge < -0.3 is 10.2 Å². The van der Waals surface area contributed by atoms with Crippen molar-refractivity contribution in [2.24, 2.45) is 5.41 Å². The number of hydrogen-bond donors (Lipinski definition) is 1. The molecule has 2 aliphatic heterocycles.